The number of allylic oxidation sites excluding steroid dienone is 2. The van der Waals surface area contributed by atoms with E-state index in [2.05, 4.69) is 11.8 Å². The van der Waals surface area contributed by atoms with Gasteiger partial charge >= 0.3 is 11.9 Å². The second kappa shape index (κ2) is 8.61. The second-order valence-corrected chi connectivity index (χ2v) is 8.20. The first kappa shape index (κ1) is 20.0. The molecule has 152 valence electrons. The quantitative estimate of drug-likeness (QED) is 0.339. The SMILES string of the molecule is COC(=O)c1cc2sccc2n1CC#CC=CCn1c(C(=O)OC)cc2sccc21. The smallest absolute Gasteiger partial charge is 0.354 e. The summed E-state index contributed by atoms with van der Waals surface area (Å²) in [5.41, 5.74) is 2.97. The topological polar surface area (TPSA) is 62.5 Å². The summed E-state index contributed by atoms with van der Waals surface area (Å²) in [5, 5.41) is 3.98. The maximum absolute atomic E-state index is 12.0. The second-order valence-electron chi connectivity index (χ2n) is 6.30. The fourth-order valence-corrected chi connectivity index (χ4v) is 4.91. The Kier molecular flexibility index (Phi) is 5.74. The van der Waals surface area contributed by atoms with Crippen molar-refractivity contribution in [2.45, 2.75) is 13.1 Å². The van der Waals surface area contributed by atoms with E-state index in [1.54, 1.807) is 28.7 Å². The van der Waals surface area contributed by atoms with Gasteiger partial charge in [0.25, 0.3) is 0 Å². The van der Waals surface area contributed by atoms with Gasteiger partial charge in [0.2, 0.25) is 0 Å². The monoisotopic (exact) mass is 438 g/mol. The Hall–Kier alpha value is -3.28. The third kappa shape index (κ3) is 3.65. The summed E-state index contributed by atoms with van der Waals surface area (Å²) in [4.78, 5) is 24.1. The minimum Gasteiger partial charge on any atom is -0.464 e. The van der Waals surface area contributed by atoms with Gasteiger partial charge in [-0.05, 0) is 41.1 Å². The van der Waals surface area contributed by atoms with E-state index in [0.717, 1.165) is 20.4 Å². The molecule has 0 aliphatic carbocycles. The van der Waals surface area contributed by atoms with E-state index >= 15 is 0 Å². The molecule has 6 nitrogen and oxygen atoms in total. The van der Waals surface area contributed by atoms with Crippen molar-refractivity contribution in [2.24, 2.45) is 0 Å². The van der Waals surface area contributed by atoms with Gasteiger partial charge in [0, 0.05) is 6.54 Å². The lowest BCUT2D eigenvalue weighted by molar-refractivity contribution is 0.0581. The van der Waals surface area contributed by atoms with Crippen LogP contribution in [-0.2, 0) is 22.6 Å². The molecule has 8 heteroatoms. The Labute approximate surface area is 180 Å². The lowest BCUT2D eigenvalue weighted by Crippen LogP contribution is -2.10. The van der Waals surface area contributed by atoms with Crippen LogP contribution in [0.15, 0.2) is 47.2 Å². The van der Waals surface area contributed by atoms with Crippen LogP contribution in [0.5, 0.6) is 0 Å². The molecule has 0 spiro atoms. The first-order chi connectivity index (χ1) is 14.6. The third-order valence-corrected chi connectivity index (χ3v) is 6.37. The lowest BCUT2D eigenvalue weighted by atomic mass is 10.4. The largest absolute Gasteiger partial charge is 0.464 e. The van der Waals surface area contributed by atoms with E-state index in [9.17, 15) is 9.59 Å². The number of thiophene rings is 2. The predicted molar refractivity (Wildman–Crippen MR) is 119 cm³/mol. The molecule has 0 saturated carbocycles. The Balaban J connectivity index is 1.50. The number of carbonyl (C=O) groups excluding carboxylic acids is 2. The number of methoxy groups -OCH3 is 2. The van der Waals surface area contributed by atoms with E-state index in [1.807, 2.05) is 50.2 Å². The van der Waals surface area contributed by atoms with Gasteiger partial charge in [0.05, 0.1) is 41.2 Å². The van der Waals surface area contributed by atoms with Crippen molar-refractivity contribution in [1.29, 1.82) is 0 Å². The first-order valence-electron chi connectivity index (χ1n) is 9.07. The molecule has 0 aromatic carbocycles. The van der Waals surface area contributed by atoms with Crippen LogP contribution in [0.4, 0.5) is 0 Å². The van der Waals surface area contributed by atoms with Crippen LogP contribution in [0.3, 0.4) is 0 Å². The van der Waals surface area contributed by atoms with Crippen molar-refractivity contribution in [2.75, 3.05) is 14.2 Å². The van der Waals surface area contributed by atoms with Crippen LogP contribution < -0.4 is 0 Å². The minimum absolute atomic E-state index is 0.361. The summed E-state index contributed by atoms with van der Waals surface area (Å²) >= 11 is 3.16. The predicted octanol–water partition coefficient (Wildman–Crippen LogP) is 4.55. The van der Waals surface area contributed by atoms with Gasteiger partial charge in [0.15, 0.2) is 0 Å². The molecule has 30 heavy (non-hydrogen) atoms. The van der Waals surface area contributed by atoms with Crippen molar-refractivity contribution >= 4 is 55.0 Å². The zero-order valence-electron chi connectivity index (χ0n) is 16.4. The molecule has 4 aromatic rings. The van der Waals surface area contributed by atoms with Crippen molar-refractivity contribution in [3.05, 3.63) is 58.6 Å². The van der Waals surface area contributed by atoms with E-state index in [0.29, 0.717) is 24.5 Å². The molecule has 0 radical (unpaired) electrons. The number of esters is 2. The Morgan fingerprint density at radius 2 is 1.53 bits per heavy atom. The van der Waals surface area contributed by atoms with Crippen molar-refractivity contribution < 1.29 is 19.1 Å². The van der Waals surface area contributed by atoms with Gasteiger partial charge in [-0.25, -0.2) is 9.59 Å². The van der Waals surface area contributed by atoms with Crippen LogP contribution in [-0.4, -0.2) is 35.3 Å². The van der Waals surface area contributed by atoms with Crippen LogP contribution in [0.25, 0.3) is 20.4 Å². The summed E-state index contributed by atoms with van der Waals surface area (Å²) in [6.45, 7) is 0.881. The number of nitrogens with zero attached hydrogens (tertiary/aromatic N) is 2. The van der Waals surface area contributed by atoms with Gasteiger partial charge in [-0.15, -0.1) is 22.7 Å². The number of fused-ring (bicyclic) bond motifs is 2. The van der Waals surface area contributed by atoms with Gasteiger partial charge in [0.1, 0.15) is 11.4 Å². The molecule has 0 bridgehead atoms. The number of rotatable bonds is 5. The maximum atomic E-state index is 12.0. The van der Waals surface area contributed by atoms with Gasteiger partial charge in [-0.3, -0.25) is 0 Å². The van der Waals surface area contributed by atoms with Crippen LogP contribution in [0, 0.1) is 11.8 Å². The highest BCUT2D eigenvalue weighted by Gasteiger charge is 2.17. The number of hydrogen-bond acceptors (Lipinski definition) is 6. The van der Waals surface area contributed by atoms with Crippen molar-refractivity contribution in [3.8, 4) is 11.8 Å². The summed E-state index contributed by atoms with van der Waals surface area (Å²) in [6, 6.07) is 7.63. The Bertz CT molecular complexity index is 1320. The van der Waals surface area contributed by atoms with Crippen LogP contribution in [0.2, 0.25) is 0 Å². The van der Waals surface area contributed by atoms with Gasteiger partial charge in [-0.2, -0.15) is 0 Å². The van der Waals surface area contributed by atoms with E-state index in [4.69, 9.17) is 9.47 Å². The molecule has 0 aliphatic rings. The fourth-order valence-electron chi connectivity index (χ4n) is 3.27. The standard InChI is InChI=1S/C22H18N2O4S2/c1-27-21(25)17-13-19-15(7-11-29-19)23(17)9-5-3-4-6-10-24-16-8-12-30-20(16)14-18(24)22(26)28-2/h3,5,7-8,11-14H,9-10H2,1-2H3. The Morgan fingerprint density at radius 3 is 2.13 bits per heavy atom. The van der Waals surface area contributed by atoms with E-state index < -0.39 is 0 Å². The minimum atomic E-state index is -0.376. The highest BCUT2D eigenvalue weighted by molar-refractivity contribution is 7.17. The zero-order chi connectivity index (χ0) is 21.1. The summed E-state index contributed by atoms with van der Waals surface area (Å²) in [5.74, 6) is 5.34. The molecular formula is C22H18N2O4S2. The molecule has 0 atom stereocenters. The summed E-state index contributed by atoms with van der Waals surface area (Å²) in [7, 11) is 2.75. The molecule has 0 unspecified atom stereocenters. The zero-order valence-corrected chi connectivity index (χ0v) is 18.0. The number of aromatic nitrogens is 2. The average Bonchev–Trinajstić information content (AvgIpc) is 3.51. The molecule has 4 aromatic heterocycles. The van der Waals surface area contributed by atoms with Crippen LogP contribution in [0.1, 0.15) is 21.0 Å². The fraction of sp³-hybridized carbons (Fsp3) is 0.182. The van der Waals surface area contributed by atoms with Gasteiger partial charge in [-0.1, -0.05) is 17.9 Å². The highest BCUT2D eigenvalue weighted by Crippen LogP contribution is 2.26. The molecule has 0 amide bonds. The lowest BCUT2D eigenvalue weighted by Gasteiger charge is -2.05. The van der Waals surface area contributed by atoms with Crippen molar-refractivity contribution in [3.63, 3.8) is 0 Å². The molecule has 0 fully saturated rings. The van der Waals surface area contributed by atoms with E-state index in [1.165, 1.54) is 14.2 Å². The molecule has 4 heterocycles. The third-order valence-electron chi connectivity index (χ3n) is 4.66. The number of hydrogen-bond donors (Lipinski definition) is 0. The summed E-state index contributed by atoms with van der Waals surface area (Å²) in [6.07, 6.45) is 3.65. The average molecular weight is 439 g/mol. The Morgan fingerprint density at radius 1 is 0.967 bits per heavy atom. The number of carbonyl (C=O) groups is 2. The van der Waals surface area contributed by atoms with E-state index in [-0.39, 0.29) is 11.9 Å². The first-order valence-corrected chi connectivity index (χ1v) is 10.8. The molecule has 4 rings (SSSR count). The molecule has 0 saturated heterocycles. The van der Waals surface area contributed by atoms with Gasteiger partial charge < -0.3 is 18.6 Å². The highest BCUT2D eigenvalue weighted by atomic mass is 32.1. The summed E-state index contributed by atoms with van der Waals surface area (Å²) < 4.78 is 15.6. The molecule has 0 N–H and O–H groups in total. The van der Waals surface area contributed by atoms with Crippen LogP contribution >= 0.6 is 22.7 Å². The molecular weight excluding hydrogens is 420 g/mol. The maximum Gasteiger partial charge on any atom is 0.354 e. The van der Waals surface area contributed by atoms with Crippen molar-refractivity contribution in [1.82, 2.24) is 9.13 Å². The normalized spacial score (nSPS) is 11.1. The number of ether oxygens (including phenoxy) is 2. The molecule has 0 aliphatic heterocycles.